The Morgan fingerprint density at radius 3 is 2.85 bits per heavy atom. The van der Waals surface area contributed by atoms with Crippen molar-refractivity contribution in [1.82, 2.24) is 4.98 Å². The largest absolute Gasteiger partial charge is 0.457 e. The standard InChI is InChI=1S/C15H15N3O2/c1-2-3-10-8-11(16)4-5-14(10)20-12-6-7-18-13(9-12)15(17)19/h2,4-9H,1,3,16H2,(H2,17,19). The molecule has 1 aromatic heterocycles. The van der Waals surface area contributed by atoms with E-state index >= 15 is 0 Å². The van der Waals surface area contributed by atoms with Gasteiger partial charge >= 0.3 is 0 Å². The van der Waals surface area contributed by atoms with Crippen LogP contribution >= 0.6 is 0 Å². The zero-order valence-corrected chi connectivity index (χ0v) is 10.9. The van der Waals surface area contributed by atoms with Gasteiger partial charge in [-0.1, -0.05) is 6.08 Å². The van der Waals surface area contributed by atoms with Gasteiger partial charge in [0.25, 0.3) is 5.91 Å². The summed E-state index contributed by atoms with van der Waals surface area (Å²) in [5.74, 6) is 0.545. The molecule has 0 saturated carbocycles. The number of allylic oxidation sites excluding steroid dienone is 1. The van der Waals surface area contributed by atoms with E-state index in [4.69, 9.17) is 16.2 Å². The average molecular weight is 269 g/mol. The first-order valence-electron chi connectivity index (χ1n) is 6.03. The van der Waals surface area contributed by atoms with Crippen molar-refractivity contribution in [2.75, 3.05) is 5.73 Å². The molecule has 4 N–H and O–H groups in total. The molecular formula is C15H15N3O2. The molecule has 0 aliphatic heterocycles. The minimum atomic E-state index is -0.598. The number of primary amides is 1. The molecule has 102 valence electrons. The predicted molar refractivity (Wildman–Crippen MR) is 77.6 cm³/mol. The molecule has 0 aliphatic carbocycles. The number of nitrogen functional groups attached to an aromatic ring is 1. The lowest BCUT2D eigenvalue weighted by Gasteiger charge is -2.11. The van der Waals surface area contributed by atoms with E-state index in [1.807, 2.05) is 6.07 Å². The molecule has 1 aromatic carbocycles. The van der Waals surface area contributed by atoms with E-state index < -0.39 is 5.91 Å². The molecule has 20 heavy (non-hydrogen) atoms. The van der Waals surface area contributed by atoms with Crippen LogP contribution in [0.3, 0.4) is 0 Å². The zero-order valence-electron chi connectivity index (χ0n) is 10.9. The van der Waals surface area contributed by atoms with Crippen molar-refractivity contribution in [1.29, 1.82) is 0 Å². The highest BCUT2D eigenvalue weighted by atomic mass is 16.5. The summed E-state index contributed by atoms with van der Waals surface area (Å²) in [5.41, 5.74) is 12.7. The highest BCUT2D eigenvalue weighted by molar-refractivity contribution is 5.91. The summed E-state index contributed by atoms with van der Waals surface area (Å²) >= 11 is 0. The summed E-state index contributed by atoms with van der Waals surface area (Å²) < 4.78 is 5.76. The second-order valence-corrected chi connectivity index (χ2v) is 4.20. The third kappa shape index (κ3) is 3.14. The van der Waals surface area contributed by atoms with E-state index in [0.717, 1.165) is 5.56 Å². The van der Waals surface area contributed by atoms with Crippen LogP contribution in [0.1, 0.15) is 16.1 Å². The molecule has 5 nitrogen and oxygen atoms in total. The Morgan fingerprint density at radius 1 is 1.35 bits per heavy atom. The number of hydrogen-bond donors (Lipinski definition) is 2. The van der Waals surface area contributed by atoms with Crippen LogP contribution in [-0.2, 0) is 6.42 Å². The van der Waals surface area contributed by atoms with E-state index in [9.17, 15) is 4.79 Å². The normalized spacial score (nSPS) is 10.0. The highest BCUT2D eigenvalue weighted by Gasteiger charge is 2.07. The molecular weight excluding hydrogens is 254 g/mol. The Balaban J connectivity index is 2.32. The minimum Gasteiger partial charge on any atom is -0.457 e. The van der Waals surface area contributed by atoms with Crippen molar-refractivity contribution in [3.8, 4) is 11.5 Å². The summed E-state index contributed by atoms with van der Waals surface area (Å²) in [4.78, 5) is 15.0. The van der Waals surface area contributed by atoms with Gasteiger partial charge in [0.15, 0.2) is 0 Å². The smallest absolute Gasteiger partial charge is 0.267 e. The van der Waals surface area contributed by atoms with E-state index in [1.165, 1.54) is 12.3 Å². The fraction of sp³-hybridized carbons (Fsp3) is 0.0667. The number of benzene rings is 1. The summed E-state index contributed by atoms with van der Waals surface area (Å²) in [7, 11) is 0. The Kier molecular flexibility index (Phi) is 4.00. The molecule has 0 radical (unpaired) electrons. The number of amides is 1. The Labute approximate surface area is 116 Å². The number of carbonyl (C=O) groups is 1. The van der Waals surface area contributed by atoms with Crippen molar-refractivity contribution >= 4 is 11.6 Å². The molecule has 0 unspecified atom stereocenters. The van der Waals surface area contributed by atoms with Crippen LogP contribution in [-0.4, -0.2) is 10.9 Å². The van der Waals surface area contributed by atoms with Crippen LogP contribution < -0.4 is 16.2 Å². The molecule has 0 saturated heterocycles. The van der Waals surface area contributed by atoms with Crippen LogP contribution in [0.4, 0.5) is 5.69 Å². The maximum atomic E-state index is 11.1. The maximum Gasteiger partial charge on any atom is 0.267 e. The number of nitrogens with two attached hydrogens (primary N) is 2. The SMILES string of the molecule is C=CCc1cc(N)ccc1Oc1ccnc(C(N)=O)c1. The number of anilines is 1. The first kappa shape index (κ1) is 13.6. The van der Waals surface area contributed by atoms with Crippen molar-refractivity contribution in [3.05, 3.63) is 60.4 Å². The van der Waals surface area contributed by atoms with Gasteiger partial charge in [0.05, 0.1) is 0 Å². The Hall–Kier alpha value is -2.82. The molecule has 0 spiro atoms. The van der Waals surface area contributed by atoms with Gasteiger partial charge in [0.2, 0.25) is 0 Å². The number of pyridine rings is 1. The predicted octanol–water partition coefficient (Wildman–Crippen LogP) is 2.28. The fourth-order valence-electron chi connectivity index (χ4n) is 1.75. The van der Waals surface area contributed by atoms with Crippen molar-refractivity contribution in [2.24, 2.45) is 5.73 Å². The number of hydrogen-bond acceptors (Lipinski definition) is 4. The van der Waals surface area contributed by atoms with Gasteiger partial charge in [-0.3, -0.25) is 9.78 Å². The highest BCUT2D eigenvalue weighted by Crippen LogP contribution is 2.27. The van der Waals surface area contributed by atoms with Gasteiger partial charge in [-0.15, -0.1) is 6.58 Å². The van der Waals surface area contributed by atoms with Gasteiger partial charge in [0, 0.05) is 23.5 Å². The van der Waals surface area contributed by atoms with Gasteiger partial charge in [0.1, 0.15) is 17.2 Å². The first-order valence-corrected chi connectivity index (χ1v) is 6.03. The second-order valence-electron chi connectivity index (χ2n) is 4.20. The second kappa shape index (κ2) is 5.88. The molecule has 1 amide bonds. The van der Waals surface area contributed by atoms with Crippen LogP contribution in [0.2, 0.25) is 0 Å². The molecule has 1 heterocycles. The summed E-state index contributed by atoms with van der Waals surface area (Å²) in [6.07, 6.45) is 3.87. The zero-order chi connectivity index (χ0) is 14.5. The van der Waals surface area contributed by atoms with E-state index in [1.54, 1.807) is 24.3 Å². The molecule has 0 bridgehead atoms. The number of nitrogens with zero attached hydrogens (tertiary/aromatic N) is 1. The maximum absolute atomic E-state index is 11.1. The van der Waals surface area contributed by atoms with E-state index in [-0.39, 0.29) is 5.69 Å². The Bertz CT molecular complexity index is 653. The monoisotopic (exact) mass is 269 g/mol. The molecule has 0 fully saturated rings. The van der Waals surface area contributed by atoms with Crippen molar-refractivity contribution in [3.63, 3.8) is 0 Å². The lowest BCUT2D eigenvalue weighted by molar-refractivity contribution is 0.0995. The third-order valence-electron chi connectivity index (χ3n) is 2.66. The summed E-state index contributed by atoms with van der Waals surface area (Å²) in [5, 5.41) is 0. The number of aromatic nitrogens is 1. The topological polar surface area (TPSA) is 91.2 Å². The van der Waals surface area contributed by atoms with E-state index in [2.05, 4.69) is 11.6 Å². The lowest BCUT2D eigenvalue weighted by atomic mass is 10.1. The van der Waals surface area contributed by atoms with Crippen molar-refractivity contribution in [2.45, 2.75) is 6.42 Å². The molecule has 2 aromatic rings. The third-order valence-corrected chi connectivity index (χ3v) is 2.66. The van der Waals surface area contributed by atoms with Crippen LogP contribution in [0.5, 0.6) is 11.5 Å². The van der Waals surface area contributed by atoms with Crippen molar-refractivity contribution < 1.29 is 9.53 Å². The fourth-order valence-corrected chi connectivity index (χ4v) is 1.75. The molecule has 2 rings (SSSR count). The molecule has 0 atom stereocenters. The summed E-state index contributed by atoms with van der Waals surface area (Å²) in [6, 6.07) is 8.50. The quantitative estimate of drug-likeness (QED) is 0.643. The Morgan fingerprint density at radius 2 is 2.15 bits per heavy atom. The number of rotatable bonds is 5. The number of ether oxygens (including phenoxy) is 1. The lowest BCUT2D eigenvalue weighted by Crippen LogP contribution is -2.12. The molecule has 5 heteroatoms. The average Bonchev–Trinajstić information content (AvgIpc) is 2.42. The van der Waals surface area contributed by atoms with Crippen LogP contribution in [0.15, 0.2) is 49.2 Å². The van der Waals surface area contributed by atoms with Crippen LogP contribution in [0.25, 0.3) is 0 Å². The van der Waals surface area contributed by atoms with E-state index in [0.29, 0.717) is 23.6 Å². The summed E-state index contributed by atoms with van der Waals surface area (Å²) in [6.45, 7) is 3.70. The minimum absolute atomic E-state index is 0.156. The molecule has 0 aliphatic rings. The first-order chi connectivity index (χ1) is 9.60. The van der Waals surface area contributed by atoms with Gasteiger partial charge in [-0.05, 0) is 30.7 Å². The number of carbonyl (C=O) groups excluding carboxylic acids is 1. The van der Waals surface area contributed by atoms with Gasteiger partial charge < -0.3 is 16.2 Å². The van der Waals surface area contributed by atoms with Crippen LogP contribution in [0, 0.1) is 0 Å². The van der Waals surface area contributed by atoms with Gasteiger partial charge in [-0.2, -0.15) is 0 Å². The van der Waals surface area contributed by atoms with Gasteiger partial charge in [-0.25, -0.2) is 0 Å².